The van der Waals surface area contributed by atoms with Crippen LogP contribution in [-0.4, -0.2) is 33.1 Å². The van der Waals surface area contributed by atoms with Crippen molar-refractivity contribution in [3.63, 3.8) is 0 Å². The van der Waals surface area contributed by atoms with E-state index in [9.17, 15) is 4.79 Å². The summed E-state index contributed by atoms with van der Waals surface area (Å²) in [6, 6.07) is 3.57. The molecular formula is C10H10N6OS2. The Balaban J connectivity index is 1.74. The maximum atomic E-state index is 11.5. The molecule has 0 saturated carbocycles. The highest BCUT2D eigenvalue weighted by Crippen LogP contribution is 2.22. The topological polar surface area (TPSA) is 106 Å². The summed E-state index contributed by atoms with van der Waals surface area (Å²) in [5.41, 5.74) is 8.72. The quantitative estimate of drug-likeness (QED) is 0.479. The van der Waals surface area contributed by atoms with Crippen LogP contribution in [0.4, 0.5) is 5.13 Å². The zero-order valence-corrected chi connectivity index (χ0v) is 11.3. The molecule has 2 aromatic rings. The van der Waals surface area contributed by atoms with Crippen molar-refractivity contribution in [1.29, 1.82) is 0 Å². The van der Waals surface area contributed by atoms with E-state index < -0.39 is 0 Å². The average molecular weight is 294 g/mol. The molecule has 0 radical (unpaired) electrons. The molecule has 0 saturated heterocycles. The van der Waals surface area contributed by atoms with Gasteiger partial charge < -0.3 is 5.73 Å². The predicted octanol–water partition coefficient (Wildman–Crippen LogP) is 0.758. The molecule has 0 aromatic carbocycles. The van der Waals surface area contributed by atoms with Crippen LogP contribution in [0.15, 0.2) is 34.0 Å². The second kappa shape index (κ2) is 6.81. The van der Waals surface area contributed by atoms with Gasteiger partial charge in [-0.05, 0) is 17.7 Å². The SMILES string of the molecule is Nc1nnc(SCC(=O)NN=Cc2ccncc2)s1. The number of anilines is 1. The fourth-order valence-electron chi connectivity index (χ4n) is 1.07. The highest BCUT2D eigenvalue weighted by Gasteiger charge is 2.05. The van der Waals surface area contributed by atoms with Crippen LogP contribution in [0.2, 0.25) is 0 Å². The Hall–Kier alpha value is -2.00. The van der Waals surface area contributed by atoms with E-state index in [0.29, 0.717) is 9.47 Å². The molecule has 3 N–H and O–H groups in total. The molecule has 2 heterocycles. The van der Waals surface area contributed by atoms with Crippen LogP contribution in [0.3, 0.4) is 0 Å². The van der Waals surface area contributed by atoms with Crippen LogP contribution in [0, 0.1) is 0 Å². The van der Waals surface area contributed by atoms with E-state index in [1.165, 1.54) is 23.1 Å². The Kier molecular flexibility index (Phi) is 4.81. The van der Waals surface area contributed by atoms with E-state index in [-0.39, 0.29) is 11.7 Å². The van der Waals surface area contributed by atoms with Gasteiger partial charge in [0, 0.05) is 12.4 Å². The Morgan fingerprint density at radius 2 is 2.26 bits per heavy atom. The summed E-state index contributed by atoms with van der Waals surface area (Å²) in [4.78, 5) is 15.4. The minimum Gasteiger partial charge on any atom is -0.374 e. The number of thioether (sulfide) groups is 1. The molecule has 9 heteroatoms. The van der Waals surface area contributed by atoms with Gasteiger partial charge in [0.25, 0.3) is 5.91 Å². The molecule has 2 aromatic heterocycles. The third kappa shape index (κ3) is 4.64. The fourth-order valence-corrected chi connectivity index (χ4v) is 2.50. The number of hydrogen-bond acceptors (Lipinski definition) is 8. The van der Waals surface area contributed by atoms with Crippen molar-refractivity contribution in [3.05, 3.63) is 30.1 Å². The predicted molar refractivity (Wildman–Crippen MR) is 75.0 cm³/mol. The summed E-state index contributed by atoms with van der Waals surface area (Å²) in [5.74, 6) is -0.00781. The van der Waals surface area contributed by atoms with Gasteiger partial charge in [0.15, 0.2) is 4.34 Å². The smallest absolute Gasteiger partial charge is 0.250 e. The highest BCUT2D eigenvalue weighted by molar-refractivity contribution is 8.01. The minimum absolute atomic E-state index is 0.211. The maximum absolute atomic E-state index is 11.5. The van der Waals surface area contributed by atoms with Crippen molar-refractivity contribution in [1.82, 2.24) is 20.6 Å². The molecular weight excluding hydrogens is 284 g/mol. The van der Waals surface area contributed by atoms with Crippen molar-refractivity contribution < 1.29 is 4.79 Å². The fraction of sp³-hybridized carbons (Fsp3) is 0.100. The van der Waals surface area contributed by atoms with E-state index in [2.05, 4.69) is 25.7 Å². The second-order valence-electron chi connectivity index (χ2n) is 3.27. The second-order valence-corrected chi connectivity index (χ2v) is 5.50. The largest absolute Gasteiger partial charge is 0.374 e. The van der Waals surface area contributed by atoms with Crippen molar-refractivity contribution in [2.45, 2.75) is 4.34 Å². The lowest BCUT2D eigenvalue weighted by molar-refractivity contribution is -0.118. The van der Waals surface area contributed by atoms with Crippen molar-refractivity contribution in [2.24, 2.45) is 5.10 Å². The lowest BCUT2D eigenvalue weighted by atomic mass is 10.3. The molecule has 0 aliphatic carbocycles. The summed E-state index contributed by atoms with van der Waals surface area (Å²) in [7, 11) is 0. The van der Waals surface area contributed by atoms with Gasteiger partial charge in [-0.25, -0.2) is 5.43 Å². The molecule has 0 bridgehead atoms. The monoisotopic (exact) mass is 294 g/mol. The third-order valence-corrected chi connectivity index (χ3v) is 3.74. The molecule has 0 aliphatic heterocycles. The number of nitrogens with one attached hydrogen (secondary N) is 1. The number of pyridine rings is 1. The van der Waals surface area contributed by atoms with Gasteiger partial charge in [0.05, 0.1) is 12.0 Å². The number of nitrogens with zero attached hydrogens (tertiary/aromatic N) is 4. The molecule has 0 spiro atoms. The number of nitrogen functional groups attached to an aromatic ring is 1. The number of hydrogen-bond donors (Lipinski definition) is 2. The highest BCUT2D eigenvalue weighted by atomic mass is 32.2. The zero-order chi connectivity index (χ0) is 13.5. The van der Waals surface area contributed by atoms with Gasteiger partial charge in [-0.15, -0.1) is 10.2 Å². The number of aromatic nitrogens is 3. The third-order valence-electron chi connectivity index (χ3n) is 1.86. The number of hydrazone groups is 1. The first-order valence-electron chi connectivity index (χ1n) is 5.18. The van der Waals surface area contributed by atoms with Gasteiger partial charge in [-0.1, -0.05) is 23.1 Å². The number of amides is 1. The average Bonchev–Trinajstić information content (AvgIpc) is 2.83. The van der Waals surface area contributed by atoms with Crippen LogP contribution in [0.5, 0.6) is 0 Å². The molecule has 1 amide bonds. The Bertz CT molecular complexity index is 570. The zero-order valence-electron chi connectivity index (χ0n) is 9.68. The molecule has 0 fully saturated rings. The molecule has 0 atom stereocenters. The summed E-state index contributed by atoms with van der Waals surface area (Å²) in [5, 5.41) is 11.7. The van der Waals surface area contributed by atoms with E-state index in [1.807, 2.05) is 0 Å². The summed E-state index contributed by atoms with van der Waals surface area (Å²) >= 11 is 2.51. The van der Waals surface area contributed by atoms with Crippen LogP contribution >= 0.6 is 23.1 Å². The molecule has 98 valence electrons. The molecule has 19 heavy (non-hydrogen) atoms. The first kappa shape index (κ1) is 13.4. The number of carbonyl (C=O) groups excluding carboxylic acids is 1. The summed E-state index contributed by atoms with van der Waals surface area (Å²) in [6.45, 7) is 0. The molecule has 0 aliphatic rings. The Morgan fingerprint density at radius 1 is 1.47 bits per heavy atom. The van der Waals surface area contributed by atoms with E-state index in [0.717, 1.165) is 5.56 Å². The van der Waals surface area contributed by atoms with E-state index >= 15 is 0 Å². The van der Waals surface area contributed by atoms with Gasteiger partial charge in [0.2, 0.25) is 5.13 Å². The minimum atomic E-state index is -0.218. The van der Waals surface area contributed by atoms with Crippen molar-refractivity contribution in [3.8, 4) is 0 Å². The van der Waals surface area contributed by atoms with Gasteiger partial charge in [-0.3, -0.25) is 9.78 Å². The lowest BCUT2D eigenvalue weighted by Crippen LogP contribution is -2.19. The van der Waals surface area contributed by atoms with Gasteiger partial charge >= 0.3 is 0 Å². The van der Waals surface area contributed by atoms with Gasteiger partial charge in [-0.2, -0.15) is 5.10 Å². The first-order chi connectivity index (χ1) is 9.24. The van der Waals surface area contributed by atoms with Crippen LogP contribution in [0.25, 0.3) is 0 Å². The summed E-state index contributed by atoms with van der Waals surface area (Å²) in [6.07, 6.45) is 4.85. The number of carbonyl (C=O) groups is 1. The van der Waals surface area contributed by atoms with E-state index in [1.54, 1.807) is 30.7 Å². The molecule has 2 rings (SSSR count). The van der Waals surface area contributed by atoms with Crippen LogP contribution in [-0.2, 0) is 4.79 Å². The van der Waals surface area contributed by atoms with Crippen LogP contribution < -0.4 is 11.2 Å². The summed E-state index contributed by atoms with van der Waals surface area (Å²) < 4.78 is 0.658. The maximum Gasteiger partial charge on any atom is 0.250 e. The molecule has 7 nitrogen and oxygen atoms in total. The Morgan fingerprint density at radius 3 is 2.95 bits per heavy atom. The van der Waals surface area contributed by atoms with Crippen LogP contribution in [0.1, 0.15) is 5.56 Å². The number of nitrogens with two attached hydrogens (primary N) is 1. The Labute approximate surface area is 117 Å². The standard InChI is InChI=1S/C10H10N6OS2/c11-9-15-16-10(19-9)18-6-8(17)14-13-5-7-1-3-12-4-2-7/h1-5H,6H2,(H2,11,15)(H,14,17). The number of rotatable bonds is 5. The first-order valence-corrected chi connectivity index (χ1v) is 6.98. The van der Waals surface area contributed by atoms with Gasteiger partial charge in [0.1, 0.15) is 0 Å². The van der Waals surface area contributed by atoms with Crippen molar-refractivity contribution >= 4 is 40.4 Å². The van der Waals surface area contributed by atoms with Crippen molar-refractivity contribution in [2.75, 3.05) is 11.5 Å². The lowest BCUT2D eigenvalue weighted by Gasteiger charge is -1.97. The normalized spacial score (nSPS) is 10.7. The molecule has 0 unspecified atom stereocenters. The van der Waals surface area contributed by atoms with E-state index in [4.69, 9.17) is 5.73 Å².